The predicted molar refractivity (Wildman–Crippen MR) is 67.8 cm³/mol. The van der Waals surface area contributed by atoms with Crippen LogP contribution in [0.15, 0.2) is 12.3 Å². The first-order valence-electron chi connectivity index (χ1n) is 6.53. The van der Waals surface area contributed by atoms with Gasteiger partial charge < -0.3 is 10.6 Å². The van der Waals surface area contributed by atoms with Crippen molar-refractivity contribution in [3.05, 3.63) is 12.3 Å². The van der Waals surface area contributed by atoms with Crippen LogP contribution in [-0.2, 0) is 11.3 Å². The number of aromatic nitrogens is 2. The van der Waals surface area contributed by atoms with Gasteiger partial charge in [-0.1, -0.05) is 0 Å². The number of hydrogen-bond acceptors (Lipinski definition) is 4. The number of carbonyl (C=O) groups is 1. The van der Waals surface area contributed by atoms with Crippen LogP contribution in [0.1, 0.15) is 12.8 Å². The third kappa shape index (κ3) is 2.20. The Morgan fingerprint density at radius 1 is 1.44 bits per heavy atom. The van der Waals surface area contributed by atoms with E-state index in [4.69, 9.17) is 5.73 Å². The lowest BCUT2D eigenvalue weighted by molar-refractivity contribution is -0.134. The molecule has 2 aliphatic rings. The van der Waals surface area contributed by atoms with Crippen molar-refractivity contribution in [2.75, 3.05) is 31.9 Å². The Kier molecular flexibility index (Phi) is 2.95. The highest BCUT2D eigenvalue weighted by Crippen LogP contribution is 2.21. The Labute approximate surface area is 106 Å². The zero-order chi connectivity index (χ0) is 12.5. The fraction of sp³-hybridized carbons (Fsp3) is 0.667. The fourth-order valence-corrected chi connectivity index (χ4v) is 2.92. The van der Waals surface area contributed by atoms with Gasteiger partial charge in [0.15, 0.2) is 0 Å². The Morgan fingerprint density at radius 2 is 2.33 bits per heavy atom. The van der Waals surface area contributed by atoms with Gasteiger partial charge in [-0.3, -0.25) is 14.4 Å². The number of amides is 1. The van der Waals surface area contributed by atoms with Gasteiger partial charge in [0.1, 0.15) is 12.4 Å². The van der Waals surface area contributed by atoms with Crippen LogP contribution in [0.3, 0.4) is 0 Å². The Bertz CT molecular complexity index is 443. The number of piperazine rings is 1. The van der Waals surface area contributed by atoms with E-state index in [9.17, 15) is 4.79 Å². The molecule has 6 heteroatoms. The maximum atomic E-state index is 12.2. The van der Waals surface area contributed by atoms with E-state index in [1.807, 2.05) is 4.90 Å². The maximum Gasteiger partial charge on any atom is 0.244 e. The van der Waals surface area contributed by atoms with E-state index in [-0.39, 0.29) is 5.91 Å². The lowest BCUT2D eigenvalue weighted by Gasteiger charge is -2.37. The third-order valence-corrected chi connectivity index (χ3v) is 3.90. The number of nitrogens with zero attached hydrogens (tertiary/aromatic N) is 4. The molecule has 0 aromatic carbocycles. The molecule has 0 radical (unpaired) electrons. The summed E-state index contributed by atoms with van der Waals surface area (Å²) >= 11 is 0. The molecule has 1 unspecified atom stereocenters. The summed E-state index contributed by atoms with van der Waals surface area (Å²) in [6.45, 7) is 4.21. The number of carbonyl (C=O) groups excluding carboxylic acids is 1. The summed E-state index contributed by atoms with van der Waals surface area (Å²) in [5.41, 5.74) is 5.54. The zero-order valence-corrected chi connectivity index (χ0v) is 10.5. The summed E-state index contributed by atoms with van der Waals surface area (Å²) in [5, 5.41) is 4.05. The van der Waals surface area contributed by atoms with Crippen molar-refractivity contribution in [3.8, 4) is 0 Å². The van der Waals surface area contributed by atoms with Gasteiger partial charge in [-0.05, 0) is 25.5 Å². The van der Waals surface area contributed by atoms with E-state index in [2.05, 4.69) is 10.00 Å². The summed E-state index contributed by atoms with van der Waals surface area (Å²) in [6.07, 6.45) is 4.24. The van der Waals surface area contributed by atoms with Gasteiger partial charge >= 0.3 is 0 Å². The van der Waals surface area contributed by atoms with Crippen LogP contribution in [0.2, 0.25) is 0 Å². The van der Waals surface area contributed by atoms with Gasteiger partial charge in [-0.2, -0.15) is 5.10 Å². The molecule has 3 rings (SSSR count). The second kappa shape index (κ2) is 4.61. The van der Waals surface area contributed by atoms with Crippen LogP contribution in [0.5, 0.6) is 0 Å². The first-order chi connectivity index (χ1) is 8.72. The molecule has 0 spiro atoms. The maximum absolute atomic E-state index is 12.2. The van der Waals surface area contributed by atoms with E-state index in [1.54, 1.807) is 16.9 Å². The SMILES string of the molecule is Nc1ccn(CC(=O)N2CCN3CCCC3C2)n1. The first kappa shape index (κ1) is 11.5. The minimum Gasteiger partial charge on any atom is -0.382 e. The van der Waals surface area contributed by atoms with Crippen LogP contribution in [0.4, 0.5) is 5.82 Å². The molecule has 1 amide bonds. The van der Waals surface area contributed by atoms with Crippen molar-refractivity contribution in [2.24, 2.45) is 0 Å². The van der Waals surface area contributed by atoms with Crippen molar-refractivity contribution in [3.63, 3.8) is 0 Å². The molecule has 0 aliphatic carbocycles. The van der Waals surface area contributed by atoms with E-state index < -0.39 is 0 Å². The fourth-order valence-electron chi connectivity index (χ4n) is 2.92. The topological polar surface area (TPSA) is 67.4 Å². The summed E-state index contributed by atoms with van der Waals surface area (Å²) in [6, 6.07) is 2.28. The highest BCUT2D eigenvalue weighted by molar-refractivity contribution is 5.76. The standard InChI is InChI=1S/C12H19N5O/c13-11-3-5-17(14-11)9-12(18)16-7-6-15-4-1-2-10(15)8-16/h3,5,10H,1-2,4,6-9H2,(H2,13,14). The van der Waals surface area contributed by atoms with Crippen molar-refractivity contribution in [1.82, 2.24) is 19.6 Å². The molecule has 1 aromatic heterocycles. The number of fused-ring (bicyclic) bond motifs is 1. The van der Waals surface area contributed by atoms with E-state index >= 15 is 0 Å². The summed E-state index contributed by atoms with van der Waals surface area (Å²) < 4.78 is 1.61. The van der Waals surface area contributed by atoms with Gasteiger partial charge in [0.25, 0.3) is 0 Å². The van der Waals surface area contributed by atoms with Gasteiger partial charge in [-0.25, -0.2) is 0 Å². The minimum atomic E-state index is 0.143. The average molecular weight is 249 g/mol. The Balaban J connectivity index is 1.59. The molecular formula is C12H19N5O. The minimum absolute atomic E-state index is 0.143. The van der Waals surface area contributed by atoms with Crippen LogP contribution in [-0.4, -0.2) is 57.7 Å². The second-order valence-corrected chi connectivity index (χ2v) is 5.11. The molecule has 3 heterocycles. The van der Waals surface area contributed by atoms with E-state index in [0.717, 1.165) is 19.6 Å². The highest BCUT2D eigenvalue weighted by Gasteiger charge is 2.32. The Hall–Kier alpha value is -1.56. The molecule has 2 fully saturated rings. The molecule has 6 nitrogen and oxygen atoms in total. The lowest BCUT2D eigenvalue weighted by Crippen LogP contribution is -2.52. The van der Waals surface area contributed by atoms with E-state index in [0.29, 0.717) is 18.4 Å². The number of hydrogen-bond donors (Lipinski definition) is 1. The molecule has 0 saturated carbocycles. The average Bonchev–Trinajstić information content (AvgIpc) is 2.96. The highest BCUT2D eigenvalue weighted by atomic mass is 16.2. The monoisotopic (exact) mass is 249 g/mol. The summed E-state index contributed by atoms with van der Waals surface area (Å²) in [4.78, 5) is 16.6. The predicted octanol–water partition coefficient (Wildman–Crippen LogP) is -0.228. The molecule has 0 bridgehead atoms. The lowest BCUT2D eigenvalue weighted by atomic mass is 10.1. The van der Waals surface area contributed by atoms with Crippen molar-refractivity contribution in [1.29, 1.82) is 0 Å². The first-order valence-corrected chi connectivity index (χ1v) is 6.53. The van der Waals surface area contributed by atoms with Crippen LogP contribution < -0.4 is 5.73 Å². The third-order valence-electron chi connectivity index (χ3n) is 3.90. The number of anilines is 1. The van der Waals surface area contributed by atoms with Gasteiger partial charge in [0.05, 0.1) is 0 Å². The van der Waals surface area contributed by atoms with Gasteiger partial charge in [-0.15, -0.1) is 0 Å². The molecule has 98 valence electrons. The van der Waals surface area contributed by atoms with Crippen molar-refractivity contribution < 1.29 is 4.79 Å². The number of rotatable bonds is 2. The summed E-state index contributed by atoms with van der Waals surface area (Å²) in [5.74, 6) is 0.605. The van der Waals surface area contributed by atoms with Crippen LogP contribution in [0, 0.1) is 0 Å². The van der Waals surface area contributed by atoms with E-state index in [1.165, 1.54) is 19.4 Å². The van der Waals surface area contributed by atoms with Crippen LogP contribution in [0.25, 0.3) is 0 Å². The summed E-state index contributed by atoms with van der Waals surface area (Å²) in [7, 11) is 0. The smallest absolute Gasteiger partial charge is 0.244 e. The largest absolute Gasteiger partial charge is 0.382 e. The normalized spacial score (nSPS) is 24.2. The molecule has 18 heavy (non-hydrogen) atoms. The zero-order valence-electron chi connectivity index (χ0n) is 10.5. The Morgan fingerprint density at radius 3 is 3.11 bits per heavy atom. The number of nitrogen functional groups attached to an aromatic ring is 1. The van der Waals surface area contributed by atoms with Crippen molar-refractivity contribution >= 4 is 11.7 Å². The van der Waals surface area contributed by atoms with Gasteiger partial charge in [0.2, 0.25) is 5.91 Å². The van der Waals surface area contributed by atoms with Crippen molar-refractivity contribution in [2.45, 2.75) is 25.4 Å². The molecule has 2 aliphatic heterocycles. The number of nitrogens with two attached hydrogens (primary N) is 1. The molecule has 2 saturated heterocycles. The molecule has 1 aromatic rings. The molecule has 1 atom stereocenters. The molecule has 2 N–H and O–H groups in total. The second-order valence-electron chi connectivity index (χ2n) is 5.11. The van der Waals surface area contributed by atoms with Gasteiger partial charge in [0, 0.05) is 31.9 Å². The quantitative estimate of drug-likeness (QED) is 0.786. The van der Waals surface area contributed by atoms with Crippen LogP contribution >= 0.6 is 0 Å². The molecular weight excluding hydrogens is 230 g/mol.